The maximum atomic E-state index is 12.1. The van der Waals surface area contributed by atoms with Crippen LogP contribution >= 0.6 is 0 Å². The number of rotatable bonds is 4. The summed E-state index contributed by atoms with van der Waals surface area (Å²) in [6.07, 6.45) is 0.0615. The summed E-state index contributed by atoms with van der Waals surface area (Å²) in [7, 11) is 0. The van der Waals surface area contributed by atoms with Crippen molar-refractivity contribution in [2.24, 2.45) is 0 Å². The Labute approximate surface area is 176 Å². The van der Waals surface area contributed by atoms with Gasteiger partial charge in [-0.15, -0.1) is 0 Å². The summed E-state index contributed by atoms with van der Waals surface area (Å²) in [6, 6.07) is 21.8. The topological polar surface area (TPSA) is 58.6 Å². The van der Waals surface area contributed by atoms with Crippen molar-refractivity contribution in [1.29, 1.82) is 0 Å². The SMILES string of the molecule is Cc1c(O)cccc1C#CCCNC(=O)OCC1c2ccccc2-c2ccccc21. The number of phenolic OH excluding ortho intramolecular Hbond substituents is 1. The molecule has 3 aromatic carbocycles. The van der Waals surface area contributed by atoms with E-state index in [1.165, 1.54) is 22.3 Å². The zero-order valence-electron chi connectivity index (χ0n) is 16.8. The van der Waals surface area contributed by atoms with Crippen LogP contribution in [-0.2, 0) is 4.74 Å². The molecule has 0 saturated heterocycles. The van der Waals surface area contributed by atoms with E-state index in [2.05, 4.69) is 41.4 Å². The van der Waals surface area contributed by atoms with Gasteiger partial charge in [0.05, 0.1) is 0 Å². The number of fused-ring (bicyclic) bond motifs is 3. The molecule has 3 aromatic rings. The Bertz CT molecular complexity index is 1090. The van der Waals surface area contributed by atoms with Gasteiger partial charge >= 0.3 is 6.09 Å². The number of phenols is 1. The number of nitrogens with one attached hydrogen (secondary N) is 1. The van der Waals surface area contributed by atoms with Gasteiger partial charge in [0.2, 0.25) is 0 Å². The summed E-state index contributed by atoms with van der Waals surface area (Å²) in [5.41, 5.74) is 6.35. The van der Waals surface area contributed by atoms with Crippen LogP contribution in [0.4, 0.5) is 4.79 Å². The molecular weight excluding hydrogens is 374 g/mol. The molecule has 4 rings (SSSR count). The fraction of sp³-hybridized carbons (Fsp3) is 0.192. The normalized spacial score (nSPS) is 11.8. The molecule has 0 fully saturated rings. The van der Waals surface area contributed by atoms with E-state index < -0.39 is 6.09 Å². The molecule has 0 heterocycles. The number of hydrogen-bond donors (Lipinski definition) is 2. The number of carbonyl (C=O) groups excluding carboxylic acids is 1. The molecule has 1 aliphatic rings. The zero-order chi connectivity index (χ0) is 20.9. The van der Waals surface area contributed by atoms with E-state index in [1.807, 2.05) is 37.3 Å². The second kappa shape index (κ2) is 8.75. The quantitative estimate of drug-likeness (QED) is 0.482. The maximum Gasteiger partial charge on any atom is 0.407 e. The highest BCUT2D eigenvalue weighted by Gasteiger charge is 2.28. The van der Waals surface area contributed by atoms with Crippen LogP contribution in [0.3, 0.4) is 0 Å². The minimum absolute atomic E-state index is 0.0525. The lowest BCUT2D eigenvalue weighted by Gasteiger charge is -2.14. The lowest BCUT2D eigenvalue weighted by molar-refractivity contribution is 0.143. The molecule has 150 valence electrons. The summed E-state index contributed by atoms with van der Waals surface area (Å²) in [4.78, 5) is 12.1. The second-order valence-electron chi connectivity index (χ2n) is 7.25. The Kier molecular flexibility index (Phi) is 5.72. The molecule has 1 amide bonds. The molecule has 0 atom stereocenters. The van der Waals surface area contributed by atoms with Crippen molar-refractivity contribution < 1.29 is 14.6 Å². The molecule has 30 heavy (non-hydrogen) atoms. The molecular formula is C26H23NO3. The van der Waals surface area contributed by atoms with Crippen molar-refractivity contribution in [3.63, 3.8) is 0 Å². The lowest BCUT2D eigenvalue weighted by Crippen LogP contribution is -2.26. The average Bonchev–Trinajstić information content (AvgIpc) is 3.09. The van der Waals surface area contributed by atoms with E-state index in [4.69, 9.17) is 4.74 Å². The summed E-state index contributed by atoms with van der Waals surface area (Å²) in [5, 5.41) is 12.5. The first-order valence-corrected chi connectivity index (χ1v) is 10.0. The summed E-state index contributed by atoms with van der Waals surface area (Å²) < 4.78 is 5.51. The predicted molar refractivity (Wildman–Crippen MR) is 117 cm³/mol. The molecule has 0 saturated carbocycles. The highest BCUT2D eigenvalue weighted by Crippen LogP contribution is 2.44. The Balaban J connectivity index is 1.30. The number of benzene rings is 3. The van der Waals surface area contributed by atoms with Gasteiger partial charge in [-0.25, -0.2) is 4.79 Å². The van der Waals surface area contributed by atoms with Gasteiger partial charge in [0.1, 0.15) is 12.4 Å². The number of amides is 1. The van der Waals surface area contributed by atoms with E-state index >= 15 is 0 Å². The Morgan fingerprint density at radius 3 is 2.37 bits per heavy atom. The molecule has 4 nitrogen and oxygen atoms in total. The molecule has 0 bridgehead atoms. The van der Waals surface area contributed by atoms with Gasteiger partial charge in [0, 0.05) is 30.0 Å². The van der Waals surface area contributed by atoms with E-state index in [-0.39, 0.29) is 11.7 Å². The third kappa shape index (κ3) is 4.01. The van der Waals surface area contributed by atoms with Crippen LogP contribution < -0.4 is 5.32 Å². The largest absolute Gasteiger partial charge is 0.508 e. The van der Waals surface area contributed by atoms with Crippen LogP contribution in [0, 0.1) is 18.8 Å². The molecule has 1 aliphatic carbocycles. The van der Waals surface area contributed by atoms with Crippen molar-refractivity contribution >= 4 is 6.09 Å². The monoisotopic (exact) mass is 397 g/mol. The lowest BCUT2D eigenvalue weighted by atomic mass is 9.98. The first-order valence-electron chi connectivity index (χ1n) is 10.0. The number of ether oxygens (including phenoxy) is 1. The van der Waals surface area contributed by atoms with Crippen molar-refractivity contribution in [2.75, 3.05) is 13.2 Å². The Morgan fingerprint density at radius 1 is 1.00 bits per heavy atom. The van der Waals surface area contributed by atoms with E-state index in [0.717, 1.165) is 11.1 Å². The van der Waals surface area contributed by atoms with Gasteiger partial charge in [0.25, 0.3) is 0 Å². The number of carbonyl (C=O) groups is 1. The molecule has 0 aromatic heterocycles. The smallest absolute Gasteiger partial charge is 0.407 e. The van der Waals surface area contributed by atoms with Gasteiger partial charge in [-0.1, -0.05) is 66.4 Å². The van der Waals surface area contributed by atoms with Gasteiger partial charge in [0.15, 0.2) is 0 Å². The number of alkyl carbamates (subject to hydrolysis) is 1. The maximum absolute atomic E-state index is 12.1. The minimum atomic E-state index is -0.438. The summed E-state index contributed by atoms with van der Waals surface area (Å²) >= 11 is 0. The van der Waals surface area contributed by atoms with E-state index in [1.54, 1.807) is 12.1 Å². The highest BCUT2D eigenvalue weighted by atomic mass is 16.5. The third-order valence-corrected chi connectivity index (χ3v) is 5.39. The van der Waals surface area contributed by atoms with Crippen LogP contribution in [0.1, 0.15) is 34.6 Å². The van der Waals surface area contributed by atoms with Gasteiger partial charge in [-0.3, -0.25) is 0 Å². The Morgan fingerprint density at radius 2 is 1.67 bits per heavy atom. The van der Waals surface area contributed by atoms with Crippen LogP contribution in [0.25, 0.3) is 11.1 Å². The molecule has 0 spiro atoms. The van der Waals surface area contributed by atoms with Crippen LogP contribution in [0.2, 0.25) is 0 Å². The van der Waals surface area contributed by atoms with Gasteiger partial charge in [-0.2, -0.15) is 0 Å². The third-order valence-electron chi connectivity index (χ3n) is 5.39. The molecule has 0 radical (unpaired) electrons. The zero-order valence-corrected chi connectivity index (χ0v) is 16.8. The predicted octanol–water partition coefficient (Wildman–Crippen LogP) is 4.98. The van der Waals surface area contributed by atoms with Crippen molar-refractivity contribution in [1.82, 2.24) is 5.32 Å². The van der Waals surface area contributed by atoms with E-state index in [0.29, 0.717) is 19.6 Å². The van der Waals surface area contributed by atoms with E-state index in [9.17, 15) is 9.90 Å². The van der Waals surface area contributed by atoms with Crippen molar-refractivity contribution in [3.05, 3.63) is 89.0 Å². The first kappa shape index (κ1) is 19.6. The average molecular weight is 397 g/mol. The second-order valence-corrected chi connectivity index (χ2v) is 7.25. The standard InChI is InChI=1S/C26H23NO3/c1-18-19(10-8-15-25(18)28)9-6-7-16-27-26(29)30-17-24-22-13-4-2-11-20(22)21-12-3-5-14-23(21)24/h2-5,8,10-15,24,28H,7,16-17H2,1H3,(H,27,29). The summed E-state index contributed by atoms with van der Waals surface area (Å²) in [6.45, 7) is 2.53. The molecule has 2 N–H and O–H groups in total. The fourth-order valence-corrected chi connectivity index (χ4v) is 3.79. The molecule has 4 heteroatoms. The highest BCUT2D eigenvalue weighted by molar-refractivity contribution is 5.79. The van der Waals surface area contributed by atoms with Crippen LogP contribution in [0.15, 0.2) is 66.7 Å². The number of hydrogen-bond acceptors (Lipinski definition) is 3. The first-order chi connectivity index (χ1) is 14.6. The van der Waals surface area contributed by atoms with Crippen LogP contribution in [-0.4, -0.2) is 24.4 Å². The van der Waals surface area contributed by atoms with Crippen LogP contribution in [0.5, 0.6) is 5.75 Å². The van der Waals surface area contributed by atoms with Crippen molar-refractivity contribution in [2.45, 2.75) is 19.3 Å². The van der Waals surface area contributed by atoms with Crippen molar-refractivity contribution in [3.8, 4) is 28.7 Å². The molecule has 0 aliphatic heterocycles. The molecule has 0 unspecified atom stereocenters. The summed E-state index contributed by atoms with van der Waals surface area (Å²) in [5.74, 6) is 6.33. The fourth-order valence-electron chi connectivity index (χ4n) is 3.79. The van der Waals surface area contributed by atoms with Gasteiger partial charge in [-0.05, 0) is 41.3 Å². The Hall–Kier alpha value is -3.71. The number of aromatic hydroxyl groups is 1. The van der Waals surface area contributed by atoms with Gasteiger partial charge < -0.3 is 15.2 Å². The minimum Gasteiger partial charge on any atom is -0.508 e.